The highest BCUT2D eigenvalue weighted by molar-refractivity contribution is 5.98. The zero-order valence-corrected chi connectivity index (χ0v) is 25.8. The molecule has 1 aliphatic rings. The van der Waals surface area contributed by atoms with E-state index >= 15 is 0 Å². The molecule has 0 radical (unpaired) electrons. The van der Waals surface area contributed by atoms with Crippen molar-refractivity contribution in [3.8, 4) is 11.5 Å². The zero-order chi connectivity index (χ0) is 32.9. The van der Waals surface area contributed by atoms with Gasteiger partial charge < -0.3 is 38.5 Å². The SMILES string of the molecule is CCCOC(=O)OCOc1c(OC)ccnc1C(=O)N[C@H]1COC(=O)C(Cc2ccccc2)[C@@H](OC(=O)C(C)C)[C@H](C)OC1=O. The number of carbonyl (C=O) groups is 5. The average Bonchev–Trinajstić information content (AvgIpc) is 3.06. The summed E-state index contributed by atoms with van der Waals surface area (Å²) in [4.78, 5) is 68.4. The van der Waals surface area contributed by atoms with Crippen molar-refractivity contribution in [3.05, 3.63) is 53.9 Å². The van der Waals surface area contributed by atoms with Gasteiger partial charge in [-0.15, -0.1) is 0 Å². The minimum Gasteiger partial charge on any atom is -0.493 e. The van der Waals surface area contributed by atoms with Crippen LogP contribution in [0.25, 0.3) is 0 Å². The zero-order valence-electron chi connectivity index (χ0n) is 25.8. The highest BCUT2D eigenvalue weighted by Gasteiger charge is 2.42. The molecule has 3 rings (SSSR count). The van der Waals surface area contributed by atoms with Crippen LogP contribution in [0.4, 0.5) is 4.79 Å². The number of pyridine rings is 1. The molecule has 1 amide bonds. The molecule has 14 heteroatoms. The van der Waals surface area contributed by atoms with E-state index in [4.69, 9.17) is 33.2 Å². The molecule has 2 aromatic rings. The molecule has 0 spiro atoms. The molecule has 1 aromatic heterocycles. The van der Waals surface area contributed by atoms with Gasteiger partial charge in [0.2, 0.25) is 6.79 Å². The largest absolute Gasteiger partial charge is 0.511 e. The number of hydrogen-bond acceptors (Lipinski definition) is 13. The molecule has 1 aliphatic heterocycles. The first kappa shape index (κ1) is 34.6. The quantitative estimate of drug-likeness (QED) is 0.206. The Bertz CT molecular complexity index is 1330. The van der Waals surface area contributed by atoms with Crippen LogP contribution in [0.15, 0.2) is 42.6 Å². The van der Waals surface area contributed by atoms with Crippen LogP contribution in [0.5, 0.6) is 11.5 Å². The Kier molecular flexibility index (Phi) is 12.9. The molecule has 14 nitrogen and oxygen atoms in total. The van der Waals surface area contributed by atoms with Gasteiger partial charge in [0, 0.05) is 12.3 Å². The van der Waals surface area contributed by atoms with Crippen molar-refractivity contribution in [2.75, 3.05) is 27.1 Å². The molecule has 4 atom stereocenters. The van der Waals surface area contributed by atoms with E-state index in [0.29, 0.717) is 6.42 Å². The summed E-state index contributed by atoms with van der Waals surface area (Å²) in [6.07, 6.45) is -1.24. The van der Waals surface area contributed by atoms with Crippen LogP contribution < -0.4 is 14.8 Å². The molecule has 1 aromatic carbocycles. The molecular formula is C31H38N2O12. The number of nitrogens with one attached hydrogen (secondary N) is 1. The minimum absolute atomic E-state index is 0.0799. The Morgan fingerprint density at radius 3 is 2.47 bits per heavy atom. The monoisotopic (exact) mass is 630 g/mol. The van der Waals surface area contributed by atoms with Crippen LogP contribution in [0.1, 0.15) is 50.2 Å². The fourth-order valence-electron chi connectivity index (χ4n) is 4.23. The fourth-order valence-corrected chi connectivity index (χ4v) is 4.23. The maximum atomic E-state index is 13.4. The van der Waals surface area contributed by atoms with Crippen molar-refractivity contribution in [3.63, 3.8) is 0 Å². The lowest BCUT2D eigenvalue weighted by molar-refractivity contribution is -0.176. The highest BCUT2D eigenvalue weighted by Crippen LogP contribution is 2.30. The van der Waals surface area contributed by atoms with Gasteiger partial charge in [-0.2, -0.15) is 0 Å². The van der Waals surface area contributed by atoms with Gasteiger partial charge in [-0.1, -0.05) is 51.1 Å². The van der Waals surface area contributed by atoms with E-state index in [-0.39, 0.29) is 30.2 Å². The Labute approximate surface area is 260 Å². The number of cyclic esters (lactones) is 2. The van der Waals surface area contributed by atoms with Crippen LogP contribution in [0, 0.1) is 11.8 Å². The third-order valence-electron chi connectivity index (χ3n) is 6.58. The predicted molar refractivity (Wildman–Crippen MR) is 155 cm³/mol. The first-order valence-corrected chi connectivity index (χ1v) is 14.4. The van der Waals surface area contributed by atoms with Gasteiger partial charge >= 0.3 is 24.1 Å². The van der Waals surface area contributed by atoms with Crippen LogP contribution in [0.3, 0.4) is 0 Å². The lowest BCUT2D eigenvalue weighted by Crippen LogP contribution is -2.47. The van der Waals surface area contributed by atoms with E-state index in [0.717, 1.165) is 5.56 Å². The van der Waals surface area contributed by atoms with Crippen molar-refractivity contribution in [1.29, 1.82) is 0 Å². The van der Waals surface area contributed by atoms with Crippen molar-refractivity contribution in [1.82, 2.24) is 10.3 Å². The van der Waals surface area contributed by atoms with Gasteiger partial charge in [-0.3, -0.25) is 14.4 Å². The second-order valence-corrected chi connectivity index (χ2v) is 10.3. The summed E-state index contributed by atoms with van der Waals surface area (Å²) in [6, 6.07) is 8.97. The number of carbonyl (C=O) groups excluding carboxylic acids is 5. The Morgan fingerprint density at radius 1 is 1.07 bits per heavy atom. The molecule has 2 heterocycles. The molecule has 1 fully saturated rings. The first-order valence-electron chi connectivity index (χ1n) is 14.4. The minimum atomic E-state index is -1.47. The molecule has 0 saturated carbocycles. The molecule has 0 aliphatic carbocycles. The summed E-state index contributed by atoms with van der Waals surface area (Å²) >= 11 is 0. The molecular weight excluding hydrogens is 592 g/mol. The molecule has 1 saturated heterocycles. The van der Waals surface area contributed by atoms with E-state index in [2.05, 4.69) is 10.3 Å². The van der Waals surface area contributed by atoms with E-state index < -0.39 is 73.5 Å². The number of benzene rings is 1. The van der Waals surface area contributed by atoms with Gasteiger partial charge in [0.05, 0.1) is 19.6 Å². The number of ether oxygens (including phenoxy) is 7. The normalized spacial score (nSPS) is 20.0. The standard InChI is InChI=1S/C31H38N2O12/c1-6-14-40-31(38)43-17-42-26-23(39-5)12-13-32-24(26)27(34)33-22-16-41-29(36)21(15-20-10-8-7-9-11-20)25(19(4)44-30(22)37)45-28(35)18(2)3/h7-13,18-19,21-22,25H,6,14-17H2,1-5H3,(H,33,34)/t19-,21?,22-,25-/m0/s1. The first-order chi connectivity index (χ1) is 21.5. The number of nitrogens with zero attached hydrogens (tertiary/aromatic N) is 1. The van der Waals surface area contributed by atoms with Crippen LogP contribution >= 0.6 is 0 Å². The van der Waals surface area contributed by atoms with Crippen LogP contribution in [0.2, 0.25) is 0 Å². The summed E-state index contributed by atoms with van der Waals surface area (Å²) in [5, 5.41) is 2.45. The van der Waals surface area contributed by atoms with Crippen molar-refractivity contribution < 1.29 is 57.1 Å². The second-order valence-electron chi connectivity index (χ2n) is 10.3. The van der Waals surface area contributed by atoms with E-state index in [1.165, 1.54) is 26.3 Å². The number of aromatic nitrogens is 1. The number of rotatable bonds is 12. The van der Waals surface area contributed by atoms with Gasteiger partial charge in [0.15, 0.2) is 29.3 Å². The smallest absolute Gasteiger partial charge is 0.493 e. The summed E-state index contributed by atoms with van der Waals surface area (Å²) in [7, 11) is 1.32. The maximum Gasteiger partial charge on any atom is 0.511 e. The van der Waals surface area contributed by atoms with Crippen LogP contribution in [-0.2, 0) is 44.5 Å². The second kappa shape index (κ2) is 16.8. The van der Waals surface area contributed by atoms with E-state index in [9.17, 15) is 24.0 Å². The molecule has 45 heavy (non-hydrogen) atoms. The maximum absolute atomic E-state index is 13.4. The Hall–Kier alpha value is -4.88. The van der Waals surface area contributed by atoms with Crippen molar-refractivity contribution >= 4 is 30.0 Å². The number of esters is 3. The molecule has 244 valence electrons. The molecule has 0 bridgehead atoms. The summed E-state index contributed by atoms with van der Waals surface area (Å²) in [5.74, 6) is -4.83. The van der Waals surface area contributed by atoms with Gasteiger partial charge in [-0.05, 0) is 25.3 Å². The lowest BCUT2D eigenvalue weighted by Gasteiger charge is -2.29. The van der Waals surface area contributed by atoms with Gasteiger partial charge in [-0.25, -0.2) is 14.6 Å². The van der Waals surface area contributed by atoms with Gasteiger partial charge in [0.25, 0.3) is 5.91 Å². The highest BCUT2D eigenvalue weighted by atomic mass is 16.8. The summed E-state index contributed by atoms with van der Waals surface area (Å²) < 4.78 is 37.2. The average molecular weight is 631 g/mol. The van der Waals surface area contributed by atoms with Gasteiger partial charge in [0.1, 0.15) is 18.6 Å². The number of methoxy groups -OCH3 is 1. The lowest BCUT2D eigenvalue weighted by atomic mass is 9.91. The fraction of sp³-hybridized carbons (Fsp3) is 0.484. The van der Waals surface area contributed by atoms with Crippen molar-refractivity contribution in [2.45, 2.75) is 58.8 Å². The third-order valence-corrected chi connectivity index (χ3v) is 6.58. The van der Waals surface area contributed by atoms with Crippen molar-refractivity contribution in [2.24, 2.45) is 11.8 Å². The third kappa shape index (κ3) is 9.81. The predicted octanol–water partition coefficient (Wildman–Crippen LogP) is 3.00. The van der Waals surface area contributed by atoms with Crippen LogP contribution in [-0.4, -0.2) is 80.3 Å². The Balaban J connectivity index is 1.82. The summed E-state index contributed by atoms with van der Waals surface area (Å²) in [5.41, 5.74) is 0.449. The Morgan fingerprint density at radius 2 is 1.80 bits per heavy atom. The topological polar surface area (TPSA) is 175 Å². The van der Waals surface area contributed by atoms with E-state index in [1.54, 1.807) is 38.1 Å². The van der Waals surface area contributed by atoms with E-state index in [1.807, 2.05) is 13.0 Å². The summed E-state index contributed by atoms with van der Waals surface area (Å²) in [6.45, 7) is 5.51. The molecule has 1 N–H and O–H groups in total. The number of amides is 1. The number of hydrogen-bond donors (Lipinski definition) is 1. The molecule has 1 unspecified atom stereocenters.